The molecular formula is C95H109NO28S. The summed E-state index contributed by atoms with van der Waals surface area (Å²) in [6.07, 6.45) is -38.0. The highest BCUT2D eigenvalue weighted by atomic mass is 32.3. The number of carbonyl (C=O) groups is 1. The molecule has 0 spiro atoms. The molecule has 1 amide bonds. The quantitative estimate of drug-likeness (QED) is 0.0175. The van der Waals surface area contributed by atoms with Gasteiger partial charge >= 0.3 is 10.4 Å². The van der Waals surface area contributed by atoms with E-state index in [-0.39, 0.29) is 72.7 Å². The third kappa shape index (κ3) is 26.3. The number of hydrogen-bond donors (Lipinski definition) is 7. The van der Waals surface area contributed by atoms with Gasteiger partial charge in [-0.1, -0.05) is 273 Å². The maximum Gasteiger partial charge on any atom is 0.397 e. The van der Waals surface area contributed by atoms with E-state index < -0.39 is 183 Å². The molecule has 5 aliphatic heterocycles. The molecule has 5 aliphatic rings. The predicted octanol–water partition coefficient (Wildman–Crippen LogP) is 9.09. The Morgan fingerprint density at radius 2 is 0.600 bits per heavy atom. The van der Waals surface area contributed by atoms with Crippen molar-refractivity contribution in [2.75, 3.05) is 26.4 Å². The van der Waals surface area contributed by atoms with Crippen molar-refractivity contribution in [3.63, 3.8) is 0 Å². The fourth-order valence-electron chi connectivity index (χ4n) is 15.7. The molecule has 25 atom stereocenters. The van der Waals surface area contributed by atoms with Crippen LogP contribution in [0.2, 0.25) is 0 Å². The Hall–Kier alpha value is -8.60. The fraction of sp³-hybridized carbons (Fsp3) is 0.421. The summed E-state index contributed by atoms with van der Waals surface area (Å²) in [5.41, 5.74) is 6.86. The zero-order valence-electron chi connectivity index (χ0n) is 69.2. The molecule has 9 aromatic rings. The number of ether oxygens (including phenoxy) is 18. The lowest BCUT2D eigenvalue weighted by Crippen LogP contribution is -2.71. The van der Waals surface area contributed by atoms with E-state index in [0.717, 1.165) is 38.9 Å². The van der Waals surface area contributed by atoms with E-state index in [1.54, 1.807) is 6.92 Å². The summed E-state index contributed by atoms with van der Waals surface area (Å²) in [6.45, 7) is 0.763. The summed E-state index contributed by atoms with van der Waals surface area (Å²) in [4.78, 5) is 14.8. The first-order valence-corrected chi connectivity index (χ1v) is 43.2. The number of benzene rings is 9. The van der Waals surface area contributed by atoms with Gasteiger partial charge in [0.15, 0.2) is 31.5 Å². The molecule has 5 heterocycles. The lowest BCUT2D eigenvalue weighted by atomic mass is 9.93. The Kier molecular flexibility index (Phi) is 34.4. The van der Waals surface area contributed by atoms with Crippen molar-refractivity contribution in [1.82, 2.24) is 5.32 Å². The zero-order valence-corrected chi connectivity index (χ0v) is 70.0. The van der Waals surface area contributed by atoms with E-state index in [9.17, 15) is 43.3 Å². The topological polar surface area (TPSA) is 360 Å². The van der Waals surface area contributed by atoms with Crippen molar-refractivity contribution in [2.24, 2.45) is 0 Å². The minimum atomic E-state index is -5.22. The molecule has 7 N–H and O–H groups in total. The molecule has 5 fully saturated rings. The Bertz CT molecular complexity index is 4720. The Labute approximate surface area is 726 Å². The highest BCUT2D eigenvalue weighted by Gasteiger charge is 2.60. The fourth-order valence-corrected chi connectivity index (χ4v) is 16.0. The first-order valence-electron chi connectivity index (χ1n) is 41.9. The van der Waals surface area contributed by atoms with Crippen LogP contribution in [0, 0.1) is 0 Å². The predicted molar refractivity (Wildman–Crippen MR) is 448 cm³/mol. The van der Waals surface area contributed by atoms with E-state index in [4.69, 9.17) is 89.4 Å². The minimum Gasteiger partial charge on any atom is -0.387 e. The zero-order chi connectivity index (χ0) is 86.9. The summed E-state index contributed by atoms with van der Waals surface area (Å²) in [6, 6.07) is 82.5. The molecule has 0 radical (unpaired) electrons. The molecular weight excluding hydrogens is 1640 g/mol. The number of hydrogen-bond acceptors (Lipinski definition) is 27. The van der Waals surface area contributed by atoms with Gasteiger partial charge in [-0.15, -0.1) is 0 Å². The van der Waals surface area contributed by atoms with Gasteiger partial charge in [0.05, 0.1) is 92.0 Å². The van der Waals surface area contributed by atoms with Crippen LogP contribution in [-0.2, 0) is 164 Å². The smallest absolute Gasteiger partial charge is 0.387 e. The van der Waals surface area contributed by atoms with Crippen molar-refractivity contribution in [2.45, 2.75) is 227 Å². The van der Waals surface area contributed by atoms with Crippen molar-refractivity contribution in [1.29, 1.82) is 0 Å². The third-order valence-corrected chi connectivity index (χ3v) is 22.5. The molecule has 0 unspecified atom stereocenters. The molecule has 668 valence electrons. The van der Waals surface area contributed by atoms with Crippen LogP contribution >= 0.6 is 0 Å². The Morgan fingerprint density at radius 3 is 1.01 bits per heavy atom. The normalized spacial score (nSPS) is 30.2. The molecule has 0 aliphatic carbocycles. The molecule has 14 rings (SSSR count). The van der Waals surface area contributed by atoms with Gasteiger partial charge in [0.1, 0.15) is 116 Å². The average Bonchev–Trinajstić information content (AvgIpc) is 0.741. The van der Waals surface area contributed by atoms with Gasteiger partial charge in [-0.25, -0.2) is 4.18 Å². The summed E-state index contributed by atoms with van der Waals surface area (Å²) >= 11 is 0. The summed E-state index contributed by atoms with van der Waals surface area (Å²) in [5, 5.41) is 64.6. The first-order chi connectivity index (χ1) is 60.9. The van der Waals surface area contributed by atoms with Crippen molar-refractivity contribution in [3.05, 3.63) is 323 Å². The third-order valence-electron chi connectivity index (χ3n) is 22.1. The largest absolute Gasteiger partial charge is 0.397 e. The molecule has 30 heteroatoms. The van der Waals surface area contributed by atoms with Crippen molar-refractivity contribution >= 4 is 16.3 Å². The number of rotatable bonds is 42. The molecule has 9 aromatic carbocycles. The highest BCUT2D eigenvalue weighted by molar-refractivity contribution is 7.80. The number of amides is 1. The second-order valence-electron chi connectivity index (χ2n) is 31.3. The minimum absolute atomic E-state index is 0.0120. The van der Waals surface area contributed by atoms with E-state index >= 15 is 0 Å². The molecule has 0 saturated carbocycles. The maximum atomic E-state index is 14.8. The van der Waals surface area contributed by atoms with Gasteiger partial charge in [0.2, 0.25) is 5.91 Å². The molecule has 0 bridgehead atoms. The summed E-state index contributed by atoms with van der Waals surface area (Å²) in [5.74, 6) is -0.718. The van der Waals surface area contributed by atoms with Crippen LogP contribution in [-0.4, -0.2) is 224 Å². The highest BCUT2D eigenvalue weighted by Crippen LogP contribution is 2.41. The monoisotopic (exact) mass is 1740 g/mol. The van der Waals surface area contributed by atoms with Crippen LogP contribution in [0.3, 0.4) is 0 Å². The molecule has 125 heavy (non-hydrogen) atoms. The number of aliphatic hydroxyl groups excluding tert-OH is 5. The Morgan fingerprint density at radius 1 is 0.304 bits per heavy atom. The number of aliphatic hydroxyl groups is 5. The van der Waals surface area contributed by atoms with E-state index in [0.29, 0.717) is 11.1 Å². The van der Waals surface area contributed by atoms with Crippen LogP contribution in [0.1, 0.15) is 63.9 Å². The molecule has 5 saturated heterocycles. The van der Waals surface area contributed by atoms with Gasteiger partial charge in [0.25, 0.3) is 0 Å². The summed E-state index contributed by atoms with van der Waals surface area (Å²) in [7, 11) is -5.22. The first kappa shape index (κ1) is 92.6. The maximum absolute atomic E-state index is 14.8. The van der Waals surface area contributed by atoms with Crippen molar-refractivity contribution < 1.29 is 133 Å². The van der Waals surface area contributed by atoms with Gasteiger partial charge in [-0.05, 0) is 57.0 Å². The summed E-state index contributed by atoms with van der Waals surface area (Å²) < 4.78 is 165. The number of nitrogens with one attached hydrogen (secondary N) is 1. The van der Waals surface area contributed by atoms with E-state index in [1.807, 2.05) is 273 Å². The van der Waals surface area contributed by atoms with Crippen LogP contribution in [0.25, 0.3) is 0 Å². The second kappa shape index (κ2) is 46.4. The SMILES string of the molecule is CC(=O)N[C@H]1[C@H](O[C@H]2[C@@H](O)[C@@H](COCc3ccccc3)O[C@@H](O[C@H]3[C@H](OCc4ccccc4)[C@@H](OCc4ccccc4)[C@H](O)O[C@@H]3COCc3ccccc3)[C@@H]2OCc2ccccc2)O[C@H](COCc2ccccc2)[C@@H](O[C@@H]2O[C@H](COS(=O)(=O)O)[C@H](O)[C@H](O)[C@H]2O)[C@@H]1O[C@@H]1O[C@@H](C)[C@@H](OCc2ccccc2)[C@@H](OCc2ccccc2)[C@@H]1OCc1ccccc1. The van der Waals surface area contributed by atoms with Gasteiger partial charge < -0.3 is 116 Å². The lowest BCUT2D eigenvalue weighted by Gasteiger charge is -2.53. The van der Waals surface area contributed by atoms with Crippen LogP contribution in [0.5, 0.6) is 0 Å². The second-order valence-corrected chi connectivity index (χ2v) is 32.4. The van der Waals surface area contributed by atoms with Crippen molar-refractivity contribution in [3.8, 4) is 0 Å². The lowest BCUT2D eigenvalue weighted by molar-refractivity contribution is -0.398. The molecule has 0 aromatic heterocycles. The van der Waals surface area contributed by atoms with Crippen LogP contribution in [0.4, 0.5) is 0 Å². The van der Waals surface area contributed by atoms with Gasteiger partial charge in [-0.3, -0.25) is 9.35 Å². The Balaban J connectivity index is 0.909. The van der Waals surface area contributed by atoms with Crippen LogP contribution < -0.4 is 5.32 Å². The van der Waals surface area contributed by atoms with E-state index in [1.165, 1.54) is 6.92 Å². The number of carbonyl (C=O) groups excluding carboxylic acids is 1. The van der Waals surface area contributed by atoms with Gasteiger partial charge in [-0.2, -0.15) is 8.42 Å². The van der Waals surface area contributed by atoms with Crippen LogP contribution in [0.15, 0.2) is 273 Å². The molecule has 29 nitrogen and oxygen atoms in total. The average molecular weight is 1740 g/mol. The van der Waals surface area contributed by atoms with Gasteiger partial charge in [0, 0.05) is 6.92 Å². The standard InChI is InChI=1S/C95H109NO28S/c1-61-81(109-51-66-36-18-6-19-37-66)86(110-52-67-38-20-7-21-39-67)90(114-56-71-46-28-11-29-47-71)94(116-61)123-84-76(96-62(2)97)92(120-75(59-108-50-65-34-16-5-17-35-65)82(84)121-93-80(101)79(100)77(98)73(118-93)60-115-125(103,104)105)124-85-78(99)72(57-106-48-63-30-12-3-13-31-63)119-95(89(85)113-55-70-44-26-10-27-45-70)122-83-74(58-107-49-64-32-14-4-15-33-64)117-91(102)88(112-54-69-42-24-9-25-43-69)87(83)111-53-68-40-22-8-23-41-68/h3-47,61,72-95,98-102H,48-60H2,1-2H3,(H,96,97)(H,103,104,105)/t61-,72+,73+,74+,75+,76+,77-,78-,79-,80+,81+,82+,83+,84+,85-,86+,87-,88+,89+,90-,91+,92-,93-,94-,95-/m0/s1. The van der Waals surface area contributed by atoms with E-state index in [2.05, 4.69) is 5.32 Å².